The molecule has 0 spiro atoms. The molecule has 8 nitrogen and oxygen atoms in total. The van der Waals surface area contributed by atoms with Crippen molar-refractivity contribution in [1.29, 1.82) is 0 Å². The molecule has 30 heavy (non-hydrogen) atoms. The summed E-state index contributed by atoms with van der Waals surface area (Å²) in [5.41, 5.74) is 7.57. The van der Waals surface area contributed by atoms with E-state index in [-0.39, 0.29) is 17.1 Å². The van der Waals surface area contributed by atoms with Crippen LogP contribution in [0, 0.1) is 0 Å². The normalized spacial score (nSPS) is 14.1. The van der Waals surface area contributed by atoms with E-state index in [1.165, 1.54) is 55.2 Å². The molecule has 0 saturated heterocycles. The minimum atomic E-state index is -3.65. The third kappa shape index (κ3) is 3.78. The number of rotatable bonds is 5. The number of sulfonamides is 1. The van der Waals surface area contributed by atoms with Gasteiger partial charge in [0.1, 0.15) is 10.6 Å². The van der Waals surface area contributed by atoms with Gasteiger partial charge in [-0.1, -0.05) is 6.07 Å². The van der Waals surface area contributed by atoms with Crippen LogP contribution in [0.5, 0.6) is 0 Å². The number of benzene rings is 1. The second-order valence-corrected chi connectivity index (χ2v) is 10.5. The van der Waals surface area contributed by atoms with Crippen LogP contribution in [0.25, 0.3) is 10.2 Å². The molecule has 0 saturated carbocycles. The first-order valence-electron chi connectivity index (χ1n) is 9.53. The number of carbonyl (C=O) groups is 1. The van der Waals surface area contributed by atoms with Crippen LogP contribution in [-0.4, -0.2) is 42.8 Å². The number of aryl methyl sites for hydroxylation is 2. The van der Waals surface area contributed by atoms with Crippen LogP contribution < -0.4 is 5.73 Å². The van der Waals surface area contributed by atoms with E-state index in [4.69, 9.17) is 10.5 Å². The molecule has 3 aromatic rings. The summed E-state index contributed by atoms with van der Waals surface area (Å²) in [5.74, 6) is 0.0760. The molecule has 0 fully saturated rings. The number of fused-ring (bicyclic) bond motifs is 3. The molecule has 0 unspecified atom stereocenters. The van der Waals surface area contributed by atoms with Gasteiger partial charge in [-0.25, -0.2) is 27.5 Å². The van der Waals surface area contributed by atoms with Gasteiger partial charge in [0.15, 0.2) is 12.4 Å². The Balaban J connectivity index is 1.54. The standard InChI is InChI=1S/C20H22N4O4S2/c1-24(2)30(26,27)13-7-5-6-12(10-13)20(25)28-11-16-22-18(21)17-14-8-3-4-9-15(14)29-19(17)23-16/h5-7,10H,3-4,8-9,11H2,1-2H3,(H2,21,22,23). The molecule has 0 amide bonds. The lowest BCUT2D eigenvalue weighted by molar-refractivity contribution is 0.0462. The Morgan fingerprint density at radius 1 is 1.23 bits per heavy atom. The number of nitrogens with two attached hydrogens (primary N) is 1. The number of nitrogens with zero attached hydrogens (tertiary/aromatic N) is 3. The highest BCUT2D eigenvalue weighted by atomic mass is 32.2. The van der Waals surface area contributed by atoms with Crippen LogP contribution in [0.3, 0.4) is 0 Å². The number of hydrogen-bond donors (Lipinski definition) is 1. The molecule has 2 aromatic heterocycles. The Hall–Kier alpha value is -2.56. The third-order valence-electron chi connectivity index (χ3n) is 5.07. The predicted octanol–water partition coefficient (Wildman–Crippen LogP) is 2.76. The average Bonchev–Trinajstić information content (AvgIpc) is 3.10. The van der Waals surface area contributed by atoms with Crippen LogP contribution in [0.1, 0.15) is 39.5 Å². The number of carbonyl (C=O) groups excluding carboxylic acids is 1. The second-order valence-electron chi connectivity index (χ2n) is 7.31. The van der Waals surface area contributed by atoms with Gasteiger partial charge in [-0.15, -0.1) is 11.3 Å². The summed E-state index contributed by atoms with van der Waals surface area (Å²) in [5, 5.41) is 0.923. The fraction of sp³-hybridized carbons (Fsp3) is 0.350. The van der Waals surface area contributed by atoms with Crippen LogP contribution in [0.2, 0.25) is 0 Å². The van der Waals surface area contributed by atoms with Crippen LogP contribution >= 0.6 is 11.3 Å². The lowest BCUT2D eigenvalue weighted by Gasteiger charge is -2.12. The zero-order chi connectivity index (χ0) is 21.5. The SMILES string of the molecule is CN(C)S(=O)(=O)c1cccc(C(=O)OCc2nc(N)c3c4c(sc3n2)CCCC4)c1. The average molecular weight is 447 g/mol. The minimum absolute atomic E-state index is 0.0213. The van der Waals surface area contributed by atoms with E-state index in [0.29, 0.717) is 11.6 Å². The van der Waals surface area contributed by atoms with Crippen molar-refractivity contribution in [3.8, 4) is 0 Å². The molecule has 2 heterocycles. The molecule has 1 aliphatic carbocycles. The van der Waals surface area contributed by atoms with Gasteiger partial charge >= 0.3 is 5.97 Å². The lowest BCUT2D eigenvalue weighted by atomic mass is 9.97. The Kier molecular flexibility index (Phi) is 5.48. The smallest absolute Gasteiger partial charge is 0.338 e. The summed E-state index contributed by atoms with van der Waals surface area (Å²) >= 11 is 1.62. The number of ether oxygens (including phenoxy) is 1. The van der Waals surface area contributed by atoms with Gasteiger partial charge in [-0.3, -0.25) is 0 Å². The number of anilines is 1. The minimum Gasteiger partial charge on any atom is -0.454 e. The van der Waals surface area contributed by atoms with Crippen LogP contribution in [-0.2, 0) is 34.2 Å². The van der Waals surface area contributed by atoms with E-state index in [0.717, 1.165) is 33.8 Å². The third-order valence-corrected chi connectivity index (χ3v) is 8.07. The number of hydrogen-bond acceptors (Lipinski definition) is 8. The van der Waals surface area contributed by atoms with Gasteiger partial charge in [0, 0.05) is 19.0 Å². The number of nitrogen functional groups attached to an aromatic ring is 1. The molecule has 1 aromatic carbocycles. The van der Waals surface area contributed by atoms with Gasteiger partial charge in [0.05, 0.1) is 15.8 Å². The number of aromatic nitrogens is 2. The molecule has 0 aliphatic heterocycles. The first-order chi connectivity index (χ1) is 14.3. The molecular formula is C20H22N4O4S2. The Morgan fingerprint density at radius 3 is 2.77 bits per heavy atom. The van der Waals surface area contributed by atoms with Crippen molar-refractivity contribution in [1.82, 2.24) is 14.3 Å². The summed E-state index contributed by atoms with van der Waals surface area (Å²) in [4.78, 5) is 23.5. The second kappa shape index (κ2) is 7.93. The zero-order valence-electron chi connectivity index (χ0n) is 16.7. The van der Waals surface area contributed by atoms with E-state index >= 15 is 0 Å². The summed E-state index contributed by atoms with van der Waals surface area (Å²) in [6.07, 6.45) is 4.33. The van der Waals surface area contributed by atoms with Crippen molar-refractivity contribution in [3.63, 3.8) is 0 Å². The largest absolute Gasteiger partial charge is 0.454 e. The van der Waals surface area contributed by atoms with Crippen LogP contribution in [0.15, 0.2) is 29.2 Å². The predicted molar refractivity (Wildman–Crippen MR) is 115 cm³/mol. The first kappa shape index (κ1) is 20.7. The molecule has 0 radical (unpaired) electrons. The van der Waals surface area contributed by atoms with E-state index in [1.807, 2.05) is 0 Å². The number of thiophene rings is 1. The highest BCUT2D eigenvalue weighted by Crippen LogP contribution is 2.37. The van der Waals surface area contributed by atoms with E-state index < -0.39 is 16.0 Å². The number of esters is 1. The Morgan fingerprint density at radius 2 is 2.00 bits per heavy atom. The van der Waals surface area contributed by atoms with Gasteiger partial charge in [0.25, 0.3) is 0 Å². The van der Waals surface area contributed by atoms with Crippen LogP contribution in [0.4, 0.5) is 5.82 Å². The molecule has 2 N–H and O–H groups in total. The van der Waals surface area contributed by atoms with Gasteiger partial charge in [-0.05, 0) is 49.4 Å². The van der Waals surface area contributed by atoms with Crippen molar-refractivity contribution in [3.05, 3.63) is 46.1 Å². The van der Waals surface area contributed by atoms with Crippen molar-refractivity contribution in [2.45, 2.75) is 37.2 Å². The maximum atomic E-state index is 12.5. The van der Waals surface area contributed by atoms with E-state index in [9.17, 15) is 13.2 Å². The lowest BCUT2D eigenvalue weighted by Crippen LogP contribution is -2.22. The fourth-order valence-corrected chi connectivity index (χ4v) is 5.74. The molecular weight excluding hydrogens is 424 g/mol. The molecule has 1 aliphatic rings. The topological polar surface area (TPSA) is 115 Å². The molecule has 0 atom stereocenters. The Bertz CT molecular complexity index is 1240. The van der Waals surface area contributed by atoms with E-state index in [2.05, 4.69) is 9.97 Å². The Labute approximate surface area is 178 Å². The highest BCUT2D eigenvalue weighted by Gasteiger charge is 2.21. The van der Waals surface area contributed by atoms with Gasteiger partial charge in [0.2, 0.25) is 10.0 Å². The maximum absolute atomic E-state index is 12.5. The van der Waals surface area contributed by atoms with Gasteiger partial charge in [-0.2, -0.15) is 0 Å². The first-order valence-corrected chi connectivity index (χ1v) is 11.8. The maximum Gasteiger partial charge on any atom is 0.338 e. The fourth-order valence-electron chi connectivity index (χ4n) is 3.50. The highest BCUT2D eigenvalue weighted by molar-refractivity contribution is 7.89. The molecule has 4 rings (SSSR count). The van der Waals surface area contributed by atoms with Crippen molar-refractivity contribution >= 4 is 43.4 Å². The molecule has 10 heteroatoms. The monoisotopic (exact) mass is 446 g/mol. The molecule has 158 valence electrons. The quantitative estimate of drug-likeness (QED) is 0.599. The summed E-state index contributed by atoms with van der Waals surface area (Å²) in [7, 11) is -0.784. The van der Waals surface area contributed by atoms with Crippen molar-refractivity contribution in [2.24, 2.45) is 0 Å². The zero-order valence-corrected chi connectivity index (χ0v) is 18.3. The summed E-state index contributed by atoms with van der Waals surface area (Å²) < 4.78 is 31.0. The summed E-state index contributed by atoms with van der Waals surface area (Å²) in [6.45, 7) is -0.147. The summed E-state index contributed by atoms with van der Waals surface area (Å²) in [6, 6.07) is 5.73. The van der Waals surface area contributed by atoms with Crippen molar-refractivity contribution in [2.75, 3.05) is 19.8 Å². The van der Waals surface area contributed by atoms with Gasteiger partial charge < -0.3 is 10.5 Å². The molecule has 0 bridgehead atoms. The van der Waals surface area contributed by atoms with E-state index in [1.54, 1.807) is 11.3 Å². The van der Waals surface area contributed by atoms with Crippen molar-refractivity contribution < 1.29 is 17.9 Å².